The second-order valence-corrected chi connectivity index (χ2v) is 12.1. The molecule has 230 valence electrons. The first-order valence-corrected chi connectivity index (χ1v) is 14.7. The van der Waals surface area contributed by atoms with Crippen LogP contribution >= 0.6 is 0 Å². The minimum atomic E-state index is -1.05. The third kappa shape index (κ3) is 8.83. The molecule has 3 N–H and O–H groups in total. The zero-order chi connectivity index (χ0) is 31.9. The van der Waals surface area contributed by atoms with E-state index < -0.39 is 29.7 Å². The van der Waals surface area contributed by atoms with E-state index in [4.69, 9.17) is 4.74 Å². The number of benzene rings is 3. The molecule has 3 amide bonds. The number of nitrogens with zero attached hydrogens (tertiary/aromatic N) is 1. The Balaban J connectivity index is 2.14. The van der Waals surface area contributed by atoms with E-state index in [1.165, 1.54) is 12.1 Å². The van der Waals surface area contributed by atoms with E-state index in [0.29, 0.717) is 17.7 Å². The first-order valence-electron chi connectivity index (χ1n) is 14.7. The number of carbonyl (C=O) groups is 3. The van der Waals surface area contributed by atoms with E-state index in [2.05, 4.69) is 10.6 Å². The molecule has 3 rings (SSSR count). The molecule has 8 nitrogen and oxygen atoms in total. The predicted octanol–water partition coefficient (Wildman–Crippen LogP) is 6.76. The Morgan fingerprint density at radius 3 is 2.14 bits per heavy atom. The molecule has 0 heterocycles. The molecule has 0 spiro atoms. The van der Waals surface area contributed by atoms with Crippen LogP contribution in [0.1, 0.15) is 74.9 Å². The lowest BCUT2D eigenvalue weighted by Crippen LogP contribution is -2.55. The Kier molecular flexibility index (Phi) is 11.0. The van der Waals surface area contributed by atoms with E-state index in [-0.39, 0.29) is 24.1 Å². The highest BCUT2D eigenvalue weighted by atomic mass is 16.6. The van der Waals surface area contributed by atoms with Gasteiger partial charge in [0.2, 0.25) is 5.91 Å². The van der Waals surface area contributed by atoms with Crippen LogP contribution in [-0.4, -0.2) is 45.6 Å². The van der Waals surface area contributed by atoms with Gasteiger partial charge >= 0.3 is 6.09 Å². The summed E-state index contributed by atoms with van der Waals surface area (Å²) >= 11 is 0. The first kappa shape index (κ1) is 33.2. The fourth-order valence-corrected chi connectivity index (χ4v) is 4.89. The van der Waals surface area contributed by atoms with Gasteiger partial charge in [0.1, 0.15) is 23.4 Å². The molecule has 43 heavy (non-hydrogen) atoms. The standard InChI is InChI=1S/C35H45N3O5/c1-9-24(4)38(33(41)30(37-34(42)43-35(6,7)8)21-26-17-19-27(39)20-18-26)31(28-15-12-14-22(2)25(28)5)32(40)36-29-16-11-10-13-23(29)3/h10-20,24,30-31,39H,9,21H2,1-8H3,(H,36,40)(H,37,42). The smallest absolute Gasteiger partial charge is 0.408 e. The number of para-hydroxylation sites is 1. The number of aryl methyl sites for hydroxylation is 2. The van der Waals surface area contributed by atoms with Gasteiger partial charge in [-0.3, -0.25) is 9.59 Å². The molecule has 0 bridgehead atoms. The molecule has 0 saturated heterocycles. The first-order chi connectivity index (χ1) is 20.2. The largest absolute Gasteiger partial charge is 0.508 e. The molecule has 0 aliphatic heterocycles. The maximum atomic E-state index is 14.7. The van der Waals surface area contributed by atoms with Gasteiger partial charge in [-0.1, -0.05) is 55.5 Å². The fraction of sp³-hybridized carbons (Fsp3) is 0.400. The lowest BCUT2D eigenvalue weighted by atomic mass is 9.93. The number of nitrogens with one attached hydrogen (secondary N) is 2. The van der Waals surface area contributed by atoms with Crippen molar-refractivity contribution in [2.75, 3.05) is 5.32 Å². The van der Waals surface area contributed by atoms with Gasteiger partial charge in [-0.15, -0.1) is 0 Å². The highest BCUT2D eigenvalue weighted by Gasteiger charge is 2.39. The van der Waals surface area contributed by atoms with Crippen molar-refractivity contribution in [3.05, 3.63) is 94.5 Å². The number of phenolic OH excluding ortho intramolecular Hbond substituents is 1. The number of aromatic hydroxyl groups is 1. The van der Waals surface area contributed by atoms with Gasteiger partial charge in [0, 0.05) is 18.2 Å². The molecule has 3 atom stereocenters. The van der Waals surface area contributed by atoms with Crippen molar-refractivity contribution in [1.29, 1.82) is 0 Å². The van der Waals surface area contributed by atoms with Gasteiger partial charge in [0.15, 0.2) is 0 Å². The lowest BCUT2D eigenvalue weighted by Gasteiger charge is -2.39. The SMILES string of the molecule is CCC(C)N(C(=O)C(Cc1ccc(O)cc1)NC(=O)OC(C)(C)C)C(C(=O)Nc1ccccc1C)c1cccc(C)c1C. The van der Waals surface area contributed by atoms with Crippen LogP contribution in [0.3, 0.4) is 0 Å². The van der Waals surface area contributed by atoms with E-state index in [9.17, 15) is 19.5 Å². The van der Waals surface area contributed by atoms with Crippen molar-refractivity contribution in [3.8, 4) is 5.75 Å². The van der Waals surface area contributed by atoms with Crippen molar-refractivity contribution in [3.63, 3.8) is 0 Å². The second kappa shape index (κ2) is 14.2. The molecule has 3 unspecified atom stereocenters. The Hall–Kier alpha value is -4.33. The summed E-state index contributed by atoms with van der Waals surface area (Å²) in [5.41, 5.74) is 4.12. The maximum Gasteiger partial charge on any atom is 0.408 e. The van der Waals surface area contributed by atoms with Gasteiger partial charge in [0.25, 0.3) is 5.91 Å². The molecule has 0 fully saturated rings. The average Bonchev–Trinajstić information content (AvgIpc) is 2.93. The number of carbonyl (C=O) groups excluding carboxylic acids is 3. The summed E-state index contributed by atoms with van der Waals surface area (Å²) in [5.74, 6) is -0.674. The van der Waals surface area contributed by atoms with Crippen LogP contribution in [0.2, 0.25) is 0 Å². The summed E-state index contributed by atoms with van der Waals surface area (Å²) in [4.78, 5) is 43.6. The fourth-order valence-electron chi connectivity index (χ4n) is 4.89. The summed E-state index contributed by atoms with van der Waals surface area (Å²) < 4.78 is 5.52. The minimum absolute atomic E-state index is 0.0934. The maximum absolute atomic E-state index is 14.7. The van der Waals surface area contributed by atoms with Gasteiger partial charge < -0.3 is 25.4 Å². The molecule has 0 aliphatic rings. The number of amides is 3. The Morgan fingerprint density at radius 1 is 0.907 bits per heavy atom. The number of phenols is 1. The molecule has 8 heteroatoms. The summed E-state index contributed by atoms with van der Waals surface area (Å²) in [6.45, 7) is 15.0. The summed E-state index contributed by atoms with van der Waals surface area (Å²) in [6, 6.07) is 17.3. The topological polar surface area (TPSA) is 108 Å². The zero-order valence-electron chi connectivity index (χ0n) is 26.5. The molecule has 3 aromatic rings. The molecule has 3 aromatic carbocycles. The molecule has 0 aliphatic carbocycles. The number of ether oxygens (including phenoxy) is 1. The highest BCUT2D eigenvalue weighted by molar-refractivity contribution is 5.99. The summed E-state index contributed by atoms with van der Waals surface area (Å²) in [7, 11) is 0. The van der Waals surface area contributed by atoms with E-state index >= 15 is 0 Å². The third-order valence-corrected chi connectivity index (χ3v) is 7.56. The van der Waals surface area contributed by atoms with E-state index in [0.717, 1.165) is 22.3 Å². The van der Waals surface area contributed by atoms with Crippen molar-refractivity contribution in [2.24, 2.45) is 0 Å². The summed E-state index contributed by atoms with van der Waals surface area (Å²) in [5, 5.41) is 15.6. The Bertz CT molecular complexity index is 1430. The molecule has 0 aromatic heterocycles. The second-order valence-electron chi connectivity index (χ2n) is 12.1. The number of hydrogen-bond donors (Lipinski definition) is 3. The van der Waals surface area contributed by atoms with Crippen LogP contribution in [0.5, 0.6) is 5.75 Å². The molecule has 0 saturated carbocycles. The molecule has 0 radical (unpaired) electrons. The van der Waals surface area contributed by atoms with Crippen LogP contribution in [0, 0.1) is 20.8 Å². The van der Waals surface area contributed by atoms with Crippen LogP contribution < -0.4 is 10.6 Å². The number of rotatable bonds is 10. The van der Waals surface area contributed by atoms with Crippen LogP contribution in [0.15, 0.2) is 66.7 Å². The van der Waals surface area contributed by atoms with Crippen molar-refractivity contribution in [2.45, 2.75) is 92.0 Å². The van der Waals surface area contributed by atoms with Crippen molar-refractivity contribution in [1.82, 2.24) is 10.2 Å². The molecular weight excluding hydrogens is 542 g/mol. The monoisotopic (exact) mass is 587 g/mol. The van der Waals surface area contributed by atoms with Gasteiger partial charge in [-0.2, -0.15) is 0 Å². The van der Waals surface area contributed by atoms with Crippen LogP contribution in [-0.2, 0) is 20.7 Å². The Labute approximate surface area is 255 Å². The van der Waals surface area contributed by atoms with Crippen molar-refractivity contribution >= 4 is 23.6 Å². The Morgan fingerprint density at radius 2 is 1.53 bits per heavy atom. The number of alkyl carbamates (subject to hydrolysis) is 1. The van der Waals surface area contributed by atoms with Gasteiger partial charge in [-0.05, 0) is 101 Å². The third-order valence-electron chi connectivity index (χ3n) is 7.56. The molecular formula is C35H45N3O5. The van der Waals surface area contributed by atoms with E-state index in [1.807, 2.05) is 77.1 Å². The normalized spacial score (nSPS) is 13.4. The van der Waals surface area contributed by atoms with E-state index in [1.54, 1.807) is 37.8 Å². The highest BCUT2D eigenvalue weighted by Crippen LogP contribution is 2.31. The zero-order valence-corrected chi connectivity index (χ0v) is 26.5. The number of anilines is 1. The summed E-state index contributed by atoms with van der Waals surface area (Å²) in [6.07, 6.45) is -0.0331. The van der Waals surface area contributed by atoms with Crippen molar-refractivity contribution < 1.29 is 24.2 Å². The lowest BCUT2D eigenvalue weighted by molar-refractivity contribution is -0.143. The minimum Gasteiger partial charge on any atom is -0.508 e. The van der Waals surface area contributed by atoms with Gasteiger partial charge in [0.05, 0.1) is 0 Å². The van der Waals surface area contributed by atoms with Crippen LogP contribution in [0.4, 0.5) is 10.5 Å². The van der Waals surface area contributed by atoms with Crippen LogP contribution in [0.25, 0.3) is 0 Å². The predicted molar refractivity (Wildman–Crippen MR) is 170 cm³/mol. The van der Waals surface area contributed by atoms with Gasteiger partial charge in [-0.25, -0.2) is 4.79 Å². The average molecular weight is 588 g/mol. The number of hydrogen-bond acceptors (Lipinski definition) is 5. The quantitative estimate of drug-likeness (QED) is 0.243.